The van der Waals surface area contributed by atoms with Crippen molar-refractivity contribution in [2.24, 2.45) is 0 Å². The topological polar surface area (TPSA) is 86.8 Å². The number of carbonyl (C=O) groups is 2. The molecule has 0 fully saturated rings. The second-order valence-corrected chi connectivity index (χ2v) is 10.8. The molecule has 0 bridgehead atoms. The fraction of sp³-hybridized carbons (Fsp3) is 0.286. The molecule has 3 rings (SSSR count). The van der Waals surface area contributed by atoms with E-state index in [1.807, 2.05) is 30.3 Å². The molecule has 0 radical (unpaired) electrons. The summed E-state index contributed by atoms with van der Waals surface area (Å²) in [6, 6.07) is 19.2. The molecule has 0 heterocycles. The molecule has 2 amide bonds. The number of likely N-dealkylation sites (N-methyl/N-ethyl adjacent to an activating group) is 1. The molecule has 10 heteroatoms. The van der Waals surface area contributed by atoms with Gasteiger partial charge >= 0.3 is 0 Å². The third kappa shape index (κ3) is 8.11. The van der Waals surface area contributed by atoms with Crippen molar-refractivity contribution in [1.82, 2.24) is 10.2 Å². The van der Waals surface area contributed by atoms with E-state index in [1.165, 1.54) is 48.3 Å². The normalized spacial score (nSPS) is 12.0. The van der Waals surface area contributed by atoms with E-state index in [0.717, 1.165) is 16.1 Å². The van der Waals surface area contributed by atoms with Crippen LogP contribution in [-0.4, -0.2) is 51.0 Å². The number of hydrogen-bond acceptors (Lipinski definition) is 4. The SMILES string of the molecule is CNC(=O)[C@H](Cc1ccccc1)N(Cc1ccc(F)cc1)C(=O)CCCN(c1ccc(F)cc1)S(C)(=O)=O. The molecule has 3 aromatic rings. The zero-order valence-electron chi connectivity index (χ0n) is 21.3. The van der Waals surface area contributed by atoms with Crippen LogP contribution in [-0.2, 0) is 32.6 Å². The van der Waals surface area contributed by atoms with Gasteiger partial charge in [-0.15, -0.1) is 0 Å². The van der Waals surface area contributed by atoms with E-state index >= 15 is 0 Å². The average Bonchev–Trinajstić information content (AvgIpc) is 2.89. The molecule has 0 aliphatic carbocycles. The van der Waals surface area contributed by atoms with Crippen molar-refractivity contribution in [2.75, 3.05) is 24.2 Å². The molecule has 0 saturated heterocycles. The van der Waals surface area contributed by atoms with Crippen molar-refractivity contribution in [2.45, 2.75) is 31.8 Å². The number of sulfonamides is 1. The number of benzene rings is 3. The summed E-state index contributed by atoms with van der Waals surface area (Å²) < 4.78 is 52.7. The first kappa shape index (κ1) is 28.8. The maximum atomic E-state index is 13.5. The predicted molar refractivity (Wildman–Crippen MR) is 143 cm³/mol. The summed E-state index contributed by atoms with van der Waals surface area (Å²) in [5.41, 5.74) is 1.79. The summed E-state index contributed by atoms with van der Waals surface area (Å²) in [4.78, 5) is 27.9. The average molecular weight is 544 g/mol. The van der Waals surface area contributed by atoms with Gasteiger partial charge in [0.05, 0.1) is 11.9 Å². The van der Waals surface area contributed by atoms with Crippen LogP contribution in [0.2, 0.25) is 0 Å². The molecule has 0 unspecified atom stereocenters. The Hall–Kier alpha value is -3.79. The minimum atomic E-state index is -3.69. The van der Waals surface area contributed by atoms with Crippen LogP contribution in [0.5, 0.6) is 0 Å². The van der Waals surface area contributed by atoms with Gasteiger partial charge in [0.1, 0.15) is 17.7 Å². The zero-order chi connectivity index (χ0) is 27.7. The van der Waals surface area contributed by atoms with Crippen LogP contribution in [0, 0.1) is 11.6 Å². The van der Waals surface area contributed by atoms with Crippen LogP contribution in [0.1, 0.15) is 24.0 Å². The van der Waals surface area contributed by atoms with E-state index < -0.39 is 27.7 Å². The summed E-state index contributed by atoms with van der Waals surface area (Å²) in [5.74, 6) is -1.62. The molecule has 202 valence electrons. The smallest absolute Gasteiger partial charge is 0.242 e. The van der Waals surface area contributed by atoms with Gasteiger partial charge in [-0.05, 0) is 53.9 Å². The molecular weight excluding hydrogens is 512 g/mol. The highest BCUT2D eigenvalue weighted by molar-refractivity contribution is 7.92. The van der Waals surface area contributed by atoms with E-state index in [1.54, 1.807) is 12.1 Å². The second kappa shape index (κ2) is 13.1. The molecular formula is C28H31F2N3O4S. The Kier molecular flexibility index (Phi) is 9.95. The van der Waals surface area contributed by atoms with E-state index in [2.05, 4.69) is 5.32 Å². The maximum absolute atomic E-state index is 13.5. The van der Waals surface area contributed by atoms with Crippen molar-refractivity contribution in [3.05, 3.63) is 102 Å². The van der Waals surface area contributed by atoms with Gasteiger partial charge in [0.25, 0.3) is 0 Å². The first-order valence-corrected chi connectivity index (χ1v) is 14.0. The van der Waals surface area contributed by atoms with Crippen molar-refractivity contribution < 1.29 is 26.8 Å². The molecule has 0 aromatic heterocycles. The summed E-state index contributed by atoms with van der Waals surface area (Å²) in [5, 5.41) is 2.62. The van der Waals surface area contributed by atoms with Crippen molar-refractivity contribution in [1.29, 1.82) is 0 Å². The van der Waals surface area contributed by atoms with Gasteiger partial charge in [-0.3, -0.25) is 13.9 Å². The number of amides is 2. The Morgan fingerprint density at radius 1 is 0.868 bits per heavy atom. The molecule has 0 saturated carbocycles. The minimum absolute atomic E-state index is 0.01000. The van der Waals surface area contributed by atoms with Gasteiger partial charge in [-0.1, -0.05) is 42.5 Å². The maximum Gasteiger partial charge on any atom is 0.242 e. The molecule has 0 spiro atoms. The predicted octanol–water partition coefficient (Wildman–Crippen LogP) is 3.90. The number of hydrogen-bond donors (Lipinski definition) is 1. The molecule has 1 atom stereocenters. The van der Waals surface area contributed by atoms with E-state index in [0.29, 0.717) is 5.56 Å². The summed E-state index contributed by atoms with van der Waals surface area (Å²) in [7, 11) is -2.20. The number of nitrogens with zero attached hydrogens (tertiary/aromatic N) is 2. The van der Waals surface area contributed by atoms with Crippen LogP contribution in [0.15, 0.2) is 78.9 Å². The molecule has 0 aliphatic rings. The van der Waals surface area contributed by atoms with Crippen LogP contribution < -0.4 is 9.62 Å². The van der Waals surface area contributed by atoms with E-state index in [9.17, 15) is 26.8 Å². The second-order valence-electron chi connectivity index (χ2n) is 8.88. The Morgan fingerprint density at radius 3 is 2.00 bits per heavy atom. The van der Waals surface area contributed by atoms with Crippen LogP contribution in [0.4, 0.5) is 14.5 Å². The Bertz CT molecular complexity index is 1320. The Balaban J connectivity index is 1.83. The van der Waals surface area contributed by atoms with Gasteiger partial charge in [-0.25, -0.2) is 17.2 Å². The highest BCUT2D eigenvalue weighted by atomic mass is 32.2. The van der Waals surface area contributed by atoms with Gasteiger partial charge in [0.15, 0.2) is 0 Å². The molecule has 1 N–H and O–H groups in total. The molecule has 7 nitrogen and oxygen atoms in total. The van der Waals surface area contributed by atoms with Crippen LogP contribution >= 0.6 is 0 Å². The lowest BCUT2D eigenvalue weighted by molar-refractivity contribution is -0.141. The summed E-state index contributed by atoms with van der Waals surface area (Å²) in [6.45, 7) is 0.0572. The lowest BCUT2D eigenvalue weighted by Gasteiger charge is -2.31. The number of rotatable bonds is 12. The van der Waals surface area contributed by atoms with Crippen molar-refractivity contribution >= 4 is 27.5 Å². The number of anilines is 1. The molecule has 38 heavy (non-hydrogen) atoms. The number of halogens is 2. The minimum Gasteiger partial charge on any atom is -0.357 e. The quantitative estimate of drug-likeness (QED) is 0.376. The van der Waals surface area contributed by atoms with Crippen LogP contribution in [0.3, 0.4) is 0 Å². The first-order chi connectivity index (χ1) is 18.1. The highest BCUT2D eigenvalue weighted by Gasteiger charge is 2.30. The highest BCUT2D eigenvalue weighted by Crippen LogP contribution is 2.20. The lowest BCUT2D eigenvalue weighted by Crippen LogP contribution is -2.49. The van der Waals surface area contributed by atoms with Crippen LogP contribution in [0.25, 0.3) is 0 Å². The van der Waals surface area contributed by atoms with Gasteiger partial charge in [0.2, 0.25) is 21.8 Å². The Morgan fingerprint density at radius 2 is 1.45 bits per heavy atom. The summed E-state index contributed by atoms with van der Waals surface area (Å²) in [6.07, 6.45) is 1.42. The number of carbonyl (C=O) groups excluding carboxylic acids is 2. The van der Waals surface area contributed by atoms with Gasteiger partial charge in [0, 0.05) is 33.0 Å². The molecule has 3 aromatic carbocycles. The van der Waals surface area contributed by atoms with Gasteiger partial charge < -0.3 is 10.2 Å². The Labute approximate surface area is 222 Å². The van der Waals surface area contributed by atoms with E-state index in [-0.39, 0.29) is 49.9 Å². The zero-order valence-corrected chi connectivity index (χ0v) is 22.1. The largest absolute Gasteiger partial charge is 0.357 e. The fourth-order valence-electron chi connectivity index (χ4n) is 4.12. The monoisotopic (exact) mass is 543 g/mol. The third-order valence-electron chi connectivity index (χ3n) is 6.05. The third-order valence-corrected chi connectivity index (χ3v) is 7.24. The van der Waals surface area contributed by atoms with Crippen molar-refractivity contribution in [3.8, 4) is 0 Å². The first-order valence-electron chi connectivity index (χ1n) is 12.1. The standard InChI is InChI=1S/C28H31F2N3O4S/c1-31-28(35)26(19-21-7-4-3-5-8-21)32(20-22-10-12-23(29)13-11-22)27(34)9-6-18-33(38(2,36)37)25-16-14-24(30)15-17-25/h3-5,7-8,10-17,26H,6,9,18-20H2,1-2H3,(H,31,35)/t26-/m0/s1. The lowest BCUT2D eigenvalue weighted by atomic mass is 10.0. The molecule has 0 aliphatic heterocycles. The summed E-state index contributed by atoms with van der Waals surface area (Å²) >= 11 is 0. The van der Waals surface area contributed by atoms with Crippen molar-refractivity contribution in [3.63, 3.8) is 0 Å². The number of nitrogens with one attached hydrogen (secondary N) is 1. The van der Waals surface area contributed by atoms with E-state index in [4.69, 9.17) is 0 Å². The van der Waals surface area contributed by atoms with Gasteiger partial charge in [-0.2, -0.15) is 0 Å². The fourth-order valence-corrected chi connectivity index (χ4v) is 5.08.